The van der Waals surface area contributed by atoms with Crippen molar-refractivity contribution in [2.45, 2.75) is 40.2 Å². The third-order valence-electron chi connectivity index (χ3n) is 2.18. The van der Waals surface area contributed by atoms with Crippen LogP contribution in [0.1, 0.15) is 34.6 Å². The Bertz CT molecular complexity index is 238. The van der Waals surface area contributed by atoms with Gasteiger partial charge in [-0.3, -0.25) is 0 Å². The lowest BCUT2D eigenvalue weighted by Gasteiger charge is -2.28. The maximum absolute atomic E-state index is 6.10. The van der Waals surface area contributed by atoms with Crippen molar-refractivity contribution in [1.29, 1.82) is 0 Å². The molecule has 0 amide bonds. The highest BCUT2D eigenvalue weighted by Gasteiger charge is 2.14. The molecule has 0 radical (unpaired) electrons. The number of hydrogen-bond donors (Lipinski definition) is 1. The van der Waals surface area contributed by atoms with Crippen molar-refractivity contribution in [3.8, 4) is 0 Å². The van der Waals surface area contributed by atoms with Gasteiger partial charge in [0.05, 0.1) is 5.54 Å². The summed E-state index contributed by atoms with van der Waals surface area (Å²) in [7, 11) is 4.15. The van der Waals surface area contributed by atoms with Crippen LogP contribution in [0.5, 0.6) is 0 Å². The molecule has 0 spiro atoms. The van der Waals surface area contributed by atoms with Gasteiger partial charge in [-0.15, -0.1) is 0 Å². The average Bonchev–Trinajstić information content (AvgIpc) is 2.08. The Balaban J connectivity index is 4.61. The van der Waals surface area contributed by atoms with Crippen LogP contribution in [0.25, 0.3) is 0 Å². The Morgan fingerprint density at radius 3 is 2.06 bits per heavy atom. The Labute approximate surface area is 107 Å². The fourth-order valence-corrected chi connectivity index (χ4v) is 1.48. The molecule has 0 aromatic rings. The molecule has 0 rings (SSSR count). The van der Waals surface area contributed by atoms with Crippen molar-refractivity contribution in [1.82, 2.24) is 9.80 Å². The summed E-state index contributed by atoms with van der Waals surface area (Å²) >= 11 is 0. The molecular formula is C13H30N4. The minimum atomic E-state index is -0.114. The van der Waals surface area contributed by atoms with Crippen LogP contribution in [0.15, 0.2) is 4.99 Å². The van der Waals surface area contributed by atoms with Crippen LogP contribution in [0.3, 0.4) is 0 Å². The monoisotopic (exact) mass is 242 g/mol. The van der Waals surface area contributed by atoms with Gasteiger partial charge in [0, 0.05) is 19.6 Å². The first-order valence-corrected chi connectivity index (χ1v) is 6.37. The summed E-state index contributed by atoms with van der Waals surface area (Å²) in [6.07, 6.45) is 0. The summed E-state index contributed by atoms with van der Waals surface area (Å²) in [6.45, 7) is 13.5. The SMILES string of the molecule is CC(C)CN(CCN(C)C)C(N)=NC(C)(C)C. The molecule has 102 valence electrons. The molecule has 0 aliphatic rings. The van der Waals surface area contributed by atoms with Gasteiger partial charge in [0.25, 0.3) is 0 Å². The molecule has 0 fully saturated rings. The average molecular weight is 242 g/mol. The molecule has 2 N–H and O–H groups in total. The van der Waals surface area contributed by atoms with Gasteiger partial charge in [0.1, 0.15) is 0 Å². The normalized spacial score (nSPS) is 13.6. The summed E-state index contributed by atoms with van der Waals surface area (Å²) < 4.78 is 0. The topological polar surface area (TPSA) is 44.9 Å². The first-order valence-electron chi connectivity index (χ1n) is 6.37. The zero-order valence-electron chi connectivity index (χ0n) is 12.6. The van der Waals surface area contributed by atoms with Gasteiger partial charge in [0.15, 0.2) is 5.96 Å². The van der Waals surface area contributed by atoms with E-state index in [4.69, 9.17) is 5.73 Å². The van der Waals surface area contributed by atoms with Crippen LogP contribution in [-0.2, 0) is 0 Å². The summed E-state index contributed by atoms with van der Waals surface area (Å²) in [5.41, 5.74) is 5.98. The third-order valence-corrected chi connectivity index (χ3v) is 2.18. The van der Waals surface area contributed by atoms with Crippen LogP contribution in [0.2, 0.25) is 0 Å². The van der Waals surface area contributed by atoms with E-state index in [0.717, 1.165) is 19.6 Å². The van der Waals surface area contributed by atoms with E-state index < -0.39 is 0 Å². The zero-order chi connectivity index (χ0) is 13.6. The predicted molar refractivity (Wildman–Crippen MR) is 76.3 cm³/mol. The van der Waals surface area contributed by atoms with E-state index in [0.29, 0.717) is 11.9 Å². The molecule has 0 aliphatic heterocycles. The number of guanidine groups is 1. The highest BCUT2D eigenvalue weighted by molar-refractivity contribution is 5.78. The summed E-state index contributed by atoms with van der Waals surface area (Å²) in [4.78, 5) is 8.88. The van der Waals surface area contributed by atoms with E-state index in [1.165, 1.54) is 0 Å². The van der Waals surface area contributed by atoms with Gasteiger partial charge in [-0.1, -0.05) is 13.8 Å². The fraction of sp³-hybridized carbons (Fsp3) is 0.923. The van der Waals surface area contributed by atoms with E-state index in [1.807, 2.05) is 0 Å². The molecule has 0 aromatic heterocycles. The lowest BCUT2D eigenvalue weighted by atomic mass is 10.1. The van der Waals surface area contributed by atoms with Gasteiger partial charge in [-0.25, -0.2) is 4.99 Å². The Morgan fingerprint density at radius 2 is 1.71 bits per heavy atom. The molecule has 0 aromatic carbocycles. The van der Waals surface area contributed by atoms with Gasteiger partial charge in [-0.05, 0) is 40.8 Å². The summed E-state index contributed by atoms with van der Waals surface area (Å²) in [6, 6.07) is 0. The molecular weight excluding hydrogens is 212 g/mol. The second-order valence-corrected chi connectivity index (χ2v) is 6.28. The minimum absolute atomic E-state index is 0.114. The number of nitrogens with zero attached hydrogens (tertiary/aromatic N) is 3. The molecule has 4 heteroatoms. The highest BCUT2D eigenvalue weighted by Crippen LogP contribution is 2.08. The second-order valence-electron chi connectivity index (χ2n) is 6.28. The van der Waals surface area contributed by atoms with E-state index in [2.05, 4.69) is 63.5 Å². The Kier molecular flexibility index (Phi) is 6.53. The minimum Gasteiger partial charge on any atom is -0.370 e. The molecule has 17 heavy (non-hydrogen) atoms. The number of likely N-dealkylation sites (N-methyl/N-ethyl adjacent to an activating group) is 1. The number of rotatable bonds is 5. The van der Waals surface area contributed by atoms with Crippen molar-refractivity contribution in [2.24, 2.45) is 16.6 Å². The molecule has 0 atom stereocenters. The van der Waals surface area contributed by atoms with E-state index in [1.54, 1.807) is 0 Å². The summed E-state index contributed by atoms with van der Waals surface area (Å²) in [5, 5.41) is 0. The largest absolute Gasteiger partial charge is 0.370 e. The van der Waals surface area contributed by atoms with Crippen LogP contribution < -0.4 is 5.73 Å². The lowest BCUT2D eigenvalue weighted by molar-refractivity contribution is 0.302. The predicted octanol–water partition coefficient (Wildman–Crippen LogP) is 1.62. The van der Waals surface area contributed by atoms with Crippen molar-refractivity contribution >= 4 is 5.96 Å². The van der Waals surface area contributed by atoms with Gasteiger partial charge < -0.3 is 15.5 Å². The van der Waals surface area contributed by atoms with Gasteiger partial charge in [-0.2, -0.15) is 0 Å². The molecule has 0 unspecified atom stereocenters. The van der Waals surface area contributed by atoms with Gasteiger partial charge >= 0.3 is 0 Å². The zero-order valence-corrected chi connectivity index (χ0v) is 12.6. The first kappa shape index (κ1) is 16.2. The second kappa shape index (κ2) is 6.84. The highest BCUT2D eigenvalue weighted by atomic mass is 15.3. The standard InChI is InChI=1S/C13H30N4/c1-11(2)10-17(9-8-16(6)7)12(14)15-13(3,4)5/h11H,8-10H2,1-7H3,(H2,14,15). The van der Waals surface area contributed by atoms with E-state index in [-0.39, 0.29) is 5.54 Å². The third kappa shape index (κ3) is 8.98. The molecule has 4 nitrogen and oxygen atoms in total. The quantitative estimate of drug-likeness (QED) is 0.588. The van der Waals surface area contributed by atoms with Crippen LogP contribution in [-0.4, -0.2) is 55.0 Å². The van der Waals surface area contributed by atoms with Crippen molar-refractivity contribution in [3.05, 3.63) is 0 Å². The van der Waals surface area contributed by atoms with Crippen LogP contribution >= 0.6 is 0 Å². The van der Waals surface area contributed by atoms with Crippen LogP contribution in [0, 0.1) is 5.92 Å². The van der Waals surface area contributed by atoms with E-state index >= 15 is 0 Å². The fourth-order valence-electron chi connectivity index (χ4n) is 1.48. The first-order chi connectivity index (χ1) is 7.61. The molecule has 0 saturated carbocycles. The molecule has 0 aliphatic carbocycles. The number of nitrogens with two attached hydrogens (primary N) is 1. The summed E-state index contributed by atoms with van der Waals surface area (Å²) in [5.74, 6) is 1.25. The molecule has 0 bridgehead atoms. The van der Waals surface area contributed by atoms with Crippen LogP contribution in [0.4, 0.5) is 0 Å². The van der Waals surface area contributed by atoms with E-state index in [9.17, 15) is 0 Å². The maximum Gasteiger partial charge on any atom is 0.191 e. The Morgan fingerprint density at radius 1 is 1.18 bits per heavy atom. The van der Waals surface area contributed by atoms with Crippen molar-refractivity contribution < 1.29 is 0 Å². The number of hydrogen-bond acceptors (Lipinski definition) is 2. The maximum atomic E-state index is 6.10. The Hall–Kier alpha value is -0.770. The lowest BCUT2D eigenvalue weighted by Crippen LogP contribution is -2.44. The van der Waals surface area contributed by atoms with Crippen molar-refractivity contribution in [2.75, 3.05) is 33.7 Å². The van der Waals surface area contributed by atoms with Gasteiger partial charge in [0.2, 0.25) is 0 Å². The number of aliphatic imine (C=N–C) groups is 1. The van der Waals surface area contributed by atoms with Crippen molar-refractivity contribution in [3.63, 3.8) is 0 Å². The smallest absolute Gasteiger partial charge is 0.191 e. The molecule has 0 saturated heterocycles. The molecule has 0 heterocycles.